The van der Waals surface area contributed by atoms with Crippen molar-refractivity contribution in [3.63, 3.8) is 0 Å². The Hall–Kier alpha value is -3.84. The molecule has 0 fully saturated rings. The van der Waals surface area contributed by atoms with Crippen molar-refractivity contribution in [2.24, 2.45) is 0 Å². The molecule has 2 amide bonds. The summed E-state index contributed by atoms with van der Waals surface area (Å²) in [5, 5.41) is 0. The van der Waals surface area contributed by atoms with Crippen molar-refractivity contribution in [2.45, 2.75) is 64.3 Å². The molecule has 0 saturated carbocycles. The highest BCUT2D eigenvalue weighted by atomic mass is 19.4. The van der Waals surface area contributed by atoms with Crippen molar-refractivity contribution in [3.05, 3.63) is 52.6 Å². The molecular formula is C27H30F6N2O6. The van der Waals surface area contributed by atoms with Gasteiger partial charge in [0.2, 0.25) is 0 Å². The Morgan fingerprint density at radius 2 is 1.46 bits per heavy atom. The van der Waals surface area contributed by atoms with Crippen LogP contribution in [0.1, 0.15) is 49.4 Å². The van der Waals surface area contributed by atoms with Crippen LogP contribution in [0.25, 0.3) is 0 Å². The Balaban J connectivity index is 2.23. The fraction of sp³-hybridized carbons (Fsp3) is 0.481. The van der Waals surface area contributed by atoms with Crippen molar-refractivity contribution >= 4 is 17.9 Å². The van der Waals surface area contributed by atoms with Gasteiger partial charge in [-0.2, -0.15) is 26.3 Å². The number of amides is 2. The lowest BCUT2D eigenvalue weighted by atomic mass is 9.90. The van der Waals surface area contributed by atoms with Crippen LogP contribution in [0.15, 0.2) is 30.3 Å². The normalized spacial score (nSPS) is 17.1. The molecule has 0 radical (unpaired) electrons. The molecule has 0 N–H and O–H groups in total. The smallest absolute Gasteiger partial charge is 0.416 e. The van der Waals surface area contributed by atoms with Crippen LogP contribution in [-0.2, 0) is 34.8 Å². The zero-order valence-electron chi connectivity index (χ0n) is 23.2. The second-order valence-corrected chi connectivity index (χ2v) is 9.79. The fourth-order valence-corrected chi connectivity index (χ4v) is 4.70. The van der Waals surface area contributed by atoms with E-state index >= 15 is 0 Å². The summed E-state index contributed by atoms with van der Waals surface area (Å²) >= 11 is 0. The maximum absolute atomic E-state index is 13.6. The summed E-state index contributed by atoms with van der Waals surface area (Å²) in [4.78, 5) is 28.7. The van der Waals surface area contributed by atoms with Gasteiger partial charge in [0.05, 0.1) is 50.8 Å². The highest BCUT2D eigenvalue weighted by Gasteiger charge is 2.49. The first-order valence-electron chi connectivity index (χ1n) is 12.4. The monoisotopic (exact) mass is 592 g/mol. The molecule has 8 nitrogen and oxygen atoms in total. The topological polar surface area (TPSA) is 77.5 Å². The van der Waals surface area contributed by atoms with Gasteiger partial charge >= 0.3 is 24.5 Å². The molecule has 0 spiro atoms. The van der Waals surface area contributed by atoms with E-state index in [9.17, 15) is 35.9 Å². The van der Waals surface area contributed by atoms with E-state index in [0.29, 0.717) is 23.4 Å². The number of hydrogen-bond acceptors (Lipinski definition) is 6. The number of methoxy groups -OCH3 is 3. The molecule has 2 aromatic carbocycles. The quantitative estimate of drug-likeness (QED) is 0.336. The minimum absolute atomic E-state index is 0.00345. The van der Waals surface area contributed by atoms with Gasteiger partial charge in [-0.15, -0.1) is 0 Å². The maximum atomic E-state index is 13.6. The van der Waals surface area contributed by atoms with Gasteiger partial charge in [0.25, 0.3) is 0 Å². The molecule has 1 heterocycles. The predicted molar refractivity (Wildman–Crippen MR) is 135 cm³/mol. The van der Waals surface area contributed by atoms with Crippen LogP contribution in [0.2, 0.25) is 0 Å². The fourth-order valence-electron chi connectivity index (χ4n) is 4.70. The lowest BCUT2D eigenvalue weighted by molar-refractivity contribution is -0.143. The van der Waals surface area contributed by atoms with E-state index in [1.54, 1.807) is 19.9 Å². The summed E-state index contributed by atoms with van der Waals surface area (Å²) in [6, 6.07) is 4.16. The number of alkyl halides is 6. The first kappa shape index (κ1) is 31.7. The maximum Gasteiger partial charge on any atom is 0.416 e. The van der Waals surface area contributed by atoms with Crippen LogP contribution in [-0.4, -0.2) is 50.2 Å². The van der Waals surface area contributed by atoms with E-state index in [0.717, 1.165) is 16.9 Å². The predicted octanol–water partition coefficient (Wildman–Crippen LogP) is 7.02. The molecule has 0 bridgehead atoms. The number of aryl methyl sites for hydroxylation is 1. The minimum Gasteiger partial charge on any atom is -0.493 e. The average molecular weight is 593 g/mol. The number of fused-ring (bicyclic) bond motifs is 1. The number of hydrogen-bond donors (Lipinski definition) is 0. The molecule has 0 aliphatic carbocycles. The van der Waals surface area contributed by atoms with Crippen molar-refractivity contribution < 1.29 is 54.9 Å². The van der Waals surface area contributed by atoms with Crippen LogP contribution in [0, 0.1) is 0 Å². The number of nitrogens with zero attached hydrogens (tertiary/aromatic N) is 2. The zero-order valence-corrected chi connectivity index (χ0v) is 23.2. The van der Waals surface area contributed by atoms with Gasteiger partial charge in [-0.1, -0.05) is 0 Å². The van der Waals surface area contributed by atoms with E-state index < -0.39 is 59.5 Å². The number of anilines is 1. The molecule has 226 valence electrons. The van der Waals surface area contributed by atoms with E-state index in [-0.39, 0.29) is 30.3 Å². The molecule has 0 aromatic heterocycles. The van der Waals surface area contributed by atoms with Gasteiger partial charge in [0, 0.05) is 6.07 Å². The van der Waals surface area contributed by atoms with Crippen LogP contribution < -0.4 is 14.4 Å². The third-order valence-electron chi connectivity index (χ3n) is 6.66. The number of halogens is 6. The average Bonchev–Trinajstić information content (AvgIpc) is 2.88. The lowest BCUT2D eigenvalue weighted by Gasteiger charge is -2.50. The molecule has 3 rings (SSSR count). The third kappa shape index (κ3) is 6.57. The molecule has 41 heavy (non-hydrogen) atoms. The van der Waals surface area contributed by atoms with Crippen LogP contribution >= 0.6 is 0 Å². The summed E-state index contributed by atoms with van der Waals surface area (Å²) in [5.74, 6) is 0.593. The summed E-state index contributed by atoms with van der Waals surface area (Å²) in [6.07, 6.45) is -12.5. The van der Waals surface area contributed by atoms with Gasteiger partial charge in [-0.3, -0.25) is 9.80 Å². The molecule has 1 unspecified atom stereocenters. The summed E-state index contributed by atoms with van der Waals surface area (Å²) < 4.78 is 102. The molecule has 2 aromatic rings. The molecule has 1 aliphatic rings. The number of rotatable bonds is 6. The Labute approximate surface area is 232 Å². The molecule has 1 atom stereocenters. The summed E-state index contributed by atoms with van der Waals surface area (Å²) in [7, 11) is 3.80. The number of benzene rings is 2. The van der Waals surface area contributed by atoms with Crippen molar-refractivity contribution in [2.75, 3.05) is 26.2 Å². The number of carbonyl (C=O) groups excluding carboxylic acids is 2. The van der Waals surface area contributed by atoms with Gasteiger partial charge in [-0.05, 0) is 69.0 Å². The second kappa shape index (κ2) is 11.6. The SMILES string of the molecule is COC(=O)N(Cc1cc(C(F)(F)F)cc(C(F)(F)F)c1)C1(C)CCc2cc(OC)c(OC)cc2N1C(=O)OC(C)C. The third-order valence-corrected chi connectivity index (χ3v) is 6.66. The first-order chi connectivity index (χ1) is 19.0. The Bertz CT molecular complexity index is 1260. The number of ether oxygens (including phenoxy) is 4. The standard InChI is InChI=1S/C27H30F6N2O6/c1-15(2)41-24(37)35-20-13-22(39-5)21(38-4)11-17(20)7-8-25(35,3)34(23(36)40-6)14-16-9-18(26(28,29)30)12-19(10-16)27(31,32)33/h9-13,15H,7-8,14H2,1-6H3. The number of carbonyl (C=O) groups is 2. The highest BCUT2D eigenvalue weighted by molar-refractivity contribution is 5.92. The summed E-state index contributed by atoms with van der Waals surface area (Å²) in [6.45, 7) is 3.87. The zero-order chi connectivity index (χ0) is 30.9. The Morgan fingerprint density at radius 3 is 1.93 bits per heavy atom. The Kier molecular flexibility index (Phi) is 8.94. The van der Waals surface area contributed by atoms with Crippen LogP contribution in [0.4, 0.5) is 41.6 Å². The molecular weight excluding hydrogens is 562 g/mol. The molecule has 0 saturated heterocycles. The van der Waals surface area contributed by atoms with Crippen molar-refractivity contribution in [1.82, 2.24) is 4.90 Å². The van der Waals surface area contributed by atoms with Crippen molar-refractivity contribution in [1.29, 1.82) is 0 Å². The van der Waals surface area contributed by atoms with Gasteiger partial charge in [0.1, 0.15) is 5.66 Å². The van der Waals surface area contributed by atoms with Gasteiger partial charge in [-0.25, -0.2) is 9.59 Å². The van der Waals surface area contributed by atoms with Crippen LogP contribution in [0.3, 0.4) is 0 Å². The largest absolute Gasteiger partial charge is 0.493 e. The molecule has 1 aliphatic heterocycles. The minimum atomic E-state index is -5.09. The van der Waals surface area contributed by atoms with E-state index in [1.165, 1.54) is 27.2 Å². The second-order valence-electron chi connectivity index (χ2n) is 9.79. The van der Waals surface area contributed by atoms with Gasteiger partial charge in [0.15, 0.2) is 11.5 Å². The van der Waals surface area contributed by atoms with Crippen molar-refractivity contribution in [3.8, 4) is 11.5 Å². The lowest BCUT2D eigenvalue weighted by Crippen LogP contribution is -2.64. The van der Waals surface area contributed by atoms with E-state index in [1.807, 2.05) is 0 Å². The summed E-state index contributed by atoms with van der Waals surface area (Å²) in [5.41, 5.74) is -4.38. The first-order valence-corrected chi connectivity index (χ1v) is 12.4. The van der Waals surface area contributed by atoms with E-state index in [2.05, 4.69) is 0 Å². The highest BCUT2D eigenvalue weighted by Crippen LogP contribution is 2.45. The van der Waals surface area contributed by atoms with Gasteiger partial charge < -0.3 is 18.9 Å². The molecule has 14 heteroatoms. The Morgan fingerprint density at radius 1 is 0.927 bits per heavy atom. The van der Waals surface area contributed by atoms with E-state index in [4.69, 9.17) is 18.9 Å². The van der Waals surface area contributed by atoms with Crippen LogP contribution in [0.5, 0.6) is 11.5 Å².